The van der Waals surface area contributed by atoms with Gasteiger partial charge in [0, 0.05) is 33.6 Å². The van der Waals surface area contributed by atoms with Crippen molar-refractivity contribution < 1.29 is 18.3 Å². The zero-order valence-electron chi connectivity index (χ0n) is 11.7. The maximum Gasteiger partial charge on any atom is 0.308 e. The standard InChI is InChI=1S/C14H14ClNO4S2/c1-8-5-16(6-11(8)14(17)18)22(19,20)13-7-21-12-3-2-9(15)4-10(12)13/h2-4,7-8,11H,5-6H2,1H3,(H,17,18)/t8-,11-/m1/s1. The van der Waals surface area contributed by atoms with Crippen LogP contribution in [0.2, 0.25) is 5.02 Å². The molecule has 1 aromatic carbocycles. The Balaban J connectivity index is 2.03. The van der Waals surface area contributed by atoms with Crippen LogP contribution < -0.4 is 0 Å². The Hall–Kier alpha value is -1.15. The molecule has 1 aromatic heterocycles. The summed E-state index contributed by atoms with van der Waals surface area (Å²) in [7, 11) is -3.72. The van der Waals surface area contributed by atoms with Crippen LogP contribution in [-0.2, 0) is 14.8 Å². The number of sulfonamides is 1. The number of carbonyl (C=O) groups is 1. The van der Waals surface area contributed by atoms with E-state index in [1.165, 1.54) is 15.6 Å². The van der Waals surface area contributed by atoms with E-state index in [9.17, 15) is 13.2 Å². The molecule has 1 N–H and O–H groups in total. The summed E-state index contributed by atoms with van der Waals surface area (Å²) >= 11 is 7.30. The van der Waals surface area contributed by atoms with Crippen molar-refractivity contribution in [2.24, 2.45) is 11.8 Å². The number of rotatable bonds is 3. The van der Waals surface area contributed by atoms with E-state index in [0.717, 1.165) is 4.70 Å². The maximum atomic E-state index is 12.8. The first-order chi connectivity index (χ1) is 10.3. The molecule has 1 saturated heterocycles. The molecule has 8 heteroatoms. The predicted molar refractivity (Wildman–Crippen MR) is 85.9 cm³/mol. The van der Waals surface area contributed by atoms with Crippen molar-refractivity contribution in [3.8, 4) is 0 Å². The van der Waals surface area contributed by atoms with E-state index in [-0.39, 0.29) is 23.9 Å². The lowest BCUT2D eigenvalue weighted by atomic mass is 9.99. The highest BCUT2D eigenvalue weighted by atomic mass is 35.5. The van der Waals surface area contributed by atoms with E-state index in [0.29, 0.717) is 10.4 Å². The van der Waals surface area contributed by atoms with Crippen molar-refractivity contribution in [1.82, 2.24) is 4.31 Å². The van der Waals surface area contributed by atoms with Crippen molar-refractivity contribution in [3.05, 3.63) is 28.6 Å². The second kappa shape index (κ2) is 5.49. The van der Waals surface area contributed by atoms with Gasteiger partial charge in [-0.2, -0.15) is 4.31 Å². The molecule has 3 rings (SSSR count). The number of aliphatic carboxylic acids is 1. The first kappa shape index (κ1) is 15.7. The average molecular weight is 360 g/mol. The summed E-state index contributed by atoms with van der Waals surface area (Å²) in [6, 6.07) is 5.14. The zero-order valence-corrected chi connectivity index (χ0v) is 14.1. The average Bonchev–Trinajstić information content (AvgIpc) is 3.02. The molecule has 22 heavy (non-hydrogen) atoms. The van der Waals surface area contributed by atoms with Crippen LogP contribution in [0.15, 0.2) is 28.5 Å². The molecule has 1 aliphatic heterocycles. The van der Waals surface area contributed by atoms with Crippen LogP contribution in [0.25, 0.3) is 10.1 Å². The van der Waals surface area contributed by atoms with Crippen LogP contribution in [0.4, 0.5) is 0 Å². The lowest BCUT2D eigenvalue weighted by molar-refractivity contribution is -0.142. The maximum absolute atomic E-state index is 12.8. The third-order valence-electron chi connectivity index (χ3n) is 4.01. The van der Waals surface area contributed by atoms with E-state index in [1.54, 1.807) is 30.5 Å². The SMILES string of the molecule is C[C@@H]1CN(S(=O)(=O)c2csc3ccc(Cl)cc23)C[C@H]1C(=O)O. The van der Waals surface area contributed by atoms with Gasteiger partial charge in [-0.15, -0.1) is 11.3 Å². The Labute approximate surface area is 137 Å². The summed E-state index contributed by atoms with van der Waals surface area (Å²) in [5, 5.41) is 11.8. The van der Waals surface area contributed by atoms with Gasteiger partial charge in [-0.1, -0.05) is 18.5 Å². The van der Waals surface area contributed by atoms with Crippen LogP contribution in [0, 0.1) is 11.8 Å². The molecule has 0 radical (unpaired) electrons. The van der Waals surface area contributed by atoms with Gasteiger partial charge in [-0.3, -0.25) is 4.79 Å². The largest absolute Gasteiger partial charge is 0.481 e. The lowest BCUT2D eigenvalue weighted by Gasteiger charge is -2.15. The number of halogens is 1. The van der Waals surface area contributed by atoms with Gasteiger partial charge in [0.1, 0.15) is 4.90 Å². The van der Waals surface area contributed by atoms with E-state index in [1.807, 2.05) is 0 Å². The number of nitrogens with zero attached hydrogens (tertiary/aromatic N) is 1. The Morgan fingerprint density at radius 3 is 2.77 bits per heavy atom. The van der Waals surface area contributed by atoms with Crippen LogP contribution >= 0.6 is 22.9 Å². The van der Waals surface area contributed by atoms with Gasteiger partial charge in [-0.25, -0.2) is 8.42 Å². The summed E-state index contributed by atoms with van der Waals surface area (Å²) in [4.78, 5) is 11.4. The first-order valence-corrected chi connectivity index (χ1v) is 9.40. The minimum Gasteiger partial charge on any atom is -0.481 e. The van der Waals surface area contributed by atoms with Gasteiger partial charge in [0.25, 0.3) is 0 Å². The van der Waals surface area contributed by atoms with E-state index >= 15 is 0 Å². The van der Waals surface area contributed by atoms with Crippen LogP contribution in [-0.4, -0.2) is 36.9 Å². The molecule has 0 aliphatic carbocycles. The fourth-order valence-electron chi connectivity index (χ4n) is 2.76. The number of thiophene rings is 1. The van der Waals surface area contributed by atoms with Gasteiger partial charge in [-0.05, 0) is 24.1 Å². The van der Waals surface area contributed by atoms with E-state index in [2.05, 4.69) is 0 Å². The molecule has 5 nitrogen and oxygen atoms in total. The Morgan fingerprint density at radius 1 is 1.41 bits per heavy atom. The van der Waals surface area contributed by atoms with Crippen molar-refractivity contribution in [3.63, 3.8) is 0 Å². The summed E-state index contributed by atoms with van der Waals surface area (Å²) in [6.45, 7) is 1.99. The Bertz CT molecular complexity index is 846. The number of benzene rings is 1. The number of fused-ring (bicyclic) bond motifs is 1. The Kier molecular flexibility index (Phi) is 3.92. The second-order valence-corrected chi connectivity index (χ2v) is 8.74. The molecule has 118 valence electrons. The highest BCUT2D eigenvalue weighted by Crippen LogP contribution is 2.36. The lowest BCUT2D eigenvalue weighted by Crippen LogP contribution is -2.29. The number of hydrogen-bond acceptors (Lipinski definition) is 4. The predicted octanol–water partition coefficient (Wildman–Crippen LogP) is 2.90. The monoisotopic (exact) mass is 359 g/mol. The van der Waals surface area contributed by atoms with E-state index in [4.69, 9.17) is 16.7 Å². The third-order valence-corrected chi connectivity index (χ3v) is 7.23. The number of carboxylic acids is 1. The molecule has 0 amide bonds. The molecular formula is C14H14ClNO4S2. The summed E-state index contributed by atoms with van der Waals surface area (Å²) < 4.78 is 27.8. The second-order valence-electron chi connectivity index (χ2n) is 5.48. The van der Waals surface area contributed by atoms with Crippen molar-refractivity contribution in [2.75, 3.05) is 13.1 Å². The summed E-state index contributed by atoms with van der Waals surface area (Å²) in [5.74, 6) is -1.83. The van der Waals surface area contributed by atoms with E-state index < -0.39 is 21.9 Å². The zero-order chi connectivity index (χ0) is 16.1. The van der Waals surface area contributed by atoms with Gasteiger partial charge in [0.05, 0.1) is 5.92 Å². The molecule has 1 aliphatic rings. The molecule has 0 bridgehead atoms. The van der Waals surface area contributed by atoms with Crippen molar-refractivity contribution in [1.29, 1.82) is 0 Å². The topological polar surface area (TPSA) is 74.7 Å². The summed E-state index contributed by atoms with van der Waals surface area (Å²) in [6.07, 6.45) is 0. The van der Waals surface area contributed by atoms with Gasteiger partial charge < -0.3 is 5.11 Å². The fraction of sp³-hybridized carbons (Fsp3) is 0.357. The fourth-order valence-corrected chi connectivity index (χ4v) is 5.94. The molecule has 0 unspecified atom stereocenters. The molecule has 0 spiro atoms. The Morgan fingerprint density at radius 2 is 2.14 bits per heavy atom. The minimum atomic E-state index is -3.72. The van der Waals surface area contributed by atoms with Crippen LogP contribution in [0.5, 0.6) is 0 Å². The van der Waals surface area contributed by atoms with Crippen LogP contribution in [0.3, 0.4) is 0 Å². The quantitative estimate of drug-likeness (QED) is 0.914. The molecular weight excluding hydrogens is 346 g/mol. The molecule has 0 saturated carbocycles. The highest BCUT2D eigenvalue weighted by molar-refractivity contribution is 7.89. The van der Waals surface area contributed by atoms with Crippen molar-refractivity contribution in [2.45, 2.75) is 11.8 Å². The van der Waals surface area contributed by atoms with Gasteiger partial charge in [0.15, 0.2) is 0 Å². The number of hydrogen-bond donors (Lipinski definition) is 1. The molecule has 2 atom stereocenters. The third kappa shape index (κ3) is 2.52. The molecule has 1 fully saturated rings. The molecule has 2 aromatic rings. The smallest absolute Gasteiger partial charge is 0.308 e. The van der Waals surface area contributed by atoms with Crippen molar-refractivity contribution >= 4 is 49.0 Å². The summed E-state index contributed by atoms with van der Waals surface area (Å²) in [5.41, 5.74) is 0. The first-order valence-electron chi connectivity index (χ1n) is 6.70. The normalized spacial score (nSPS) is 23.2. The number of carboxylic acid groups (broad SMARTS) is 1. The minimum absolute atomic E-state index is 0.0107. The van der Waals surface area contributed by atoms with Gasteiger partial charge >= 0.3 is 5.97 Å². The van der Waals surface area contributed by atoms with Crippen LogP contribution in [0.1, 0.15) is 6.92 Å². The van der Waals surface area contributed by atoms with Gasteiger partial charge in [0.2, 0.25) is 10.0 Å². The highest BCUT2D eigenvalue weighted by Gasteiger charge is 2.41. The molecule has 2 heterocycles.